The minimum absolute atomic E-state index is 0.242. The first-order valence-corrected chi connectivity index (χ1v) is 5.13. The molecule has 4 heteroatoms. The molecule has 1 atom stereocenters. The Morgan fingerprint density at radius 3 is 3.00 bits per heavy atom. The molecular weight excluding hydrogens is 174 g/mol. The van der Waals surface area contributed by atoms with Crippen molar-refractivity contribution in [2.45, 2.75) is 12.5 Å². The molecule has 0 aliphatic rings. The van der Waals surface area contributed by atoms with Gasteiger partial charge in [0.2, 0.25) is 0 Å². The normalized spacial score (nSPS) is 12.2. The van der Waals surface area contributed by atoms with Crippen LogP contribution in [-0.4, -0.2) is 30.6 Å². The molecule has 0 unspecified atom stereocenters. The van der Waals surface area contributed by atoms with Crippen LogP contribution in [0.1, 0.15) is 6.42 Å². The summed E-state index contributed by atoms with van der Waals surface area (Å²) < 4.78 is 4.76. The quantitative estimate of drug-likeness (QED) is 0.496. The topological polar surface area (TPSA) is 52.3 Å². The molecular formula is C8H15NO2S. The van der Waals surface area contributed by atoms with Crippen LogP contribution < -0.4 is 5.73 Å². The summed E-state index contributed by atoms with van der Waals surface area (Å²) in [5, 5.41) is 0. The summed E-state index contributed by atoms with van der Waals surface area (Å²) in [5.41, 5.74) is 5.52. The summed E-state index contributed by atoms with van der Waals surface area (Å²) in [6.07, 6.45) is 4.16. The van der Waals surface area contributed by atoms with Gasteiger partial charge in [-0.3, -0.25) is 4.79 Å². The lowest BCUT2D eigenvalue weighted by molar-refractivity contribution is -0.143. The summed E-state index contributed by atoms with van der Waals surface area (Å²) in [7, 11) is 0. The van der Waals surface area contributed by atoms with Gasteiger partial charge in [-0.15, -0.1) is 0 Å². The number of nitrogens with two attached hydrogens (primary N) is 1. The van der Waals surface area contributed by atoms with Gasteiger partial charge < -0.3 is 10.5 Å². The summed E-state index contributed by atoms with van der Waals surface area (Å²) in [6, 6.07) is -0.489. The van der Waals surface area contributed by atoms with Crippen molar-refractivity contribution in [1.29, 1.82) is 0 Å². The lowest BCUT2D eigenvalue weighted by Crippen LogP contribution is -2.32. The fraction of sp³-hybridized carbons (Fsp3) is 0.625. The molecule has 0 heterocycles. The Labute approximate surface area is 77.3 Å². The van der Waals surface area contributed by atoms with Crippen molar-refractivity contribution in [1.82, 2.24) is 0 Å². The van der Waals surface area contributed by atoms with Crippen LogP contribution >= 0.6 is 11.8 Å². The Bertz CT molecular complexity index is 150. The lowest BCUT2D eigenvalue weighted by atomic mass is 10.2. The summed E-state index contributed by atoms with van der Waals surface area (Å²) in [4.78, 5) is 11.0. The number of thioether (sulfide) groups is 1. The van der Waals surface area contributed by atoms with E-state index in [1.54, 1.807) is 11.8 Å². The van der Waals surface area contributed by atoms with Gasteiger partial charge in [0, 0.05) is 0 Å². The Hall–Kier alpha value is -0.480. The third kappa shape index (κ3) is 5.21. The largest absolute Gasteiger partial charge is 0.460 e. The van der Waals surface area contributed by atoms with Gasteiger partial charge >= 0.3 is 5.97 Å². The predicted octanol–water partition coefficient (Wildman–Crippen LogP) is 0.796. The van der Waals surface area contributed by atoms with Crippen molar-refractivity contribution in [2.75, 3.05) is 18.6 Å². The van der Waals surface area contributed by atoms with Crippen LogP contribution in [0.15, 0.2) is 12.7 Å². The SMILES string of the molecule is C=CCOC(=O)[C@@H](N)CCSC. The fourth-order valence-electron chi connectivity index (χ4n) is 0.611. The van der Waals surface area contributed by atoms with Crippen molar-refractivity contribution in [2.24, 2.45) is 5.73 Å². The highest BCUT2D eigenvalue weighted by Gasteiger charge is 2.13. The van der Waals surface area contributed by atoms with Crippen LogP contribution in [0, 0.1) is 0 Å². The van der Waals surface area contributed by atoms with Gasteiger partial charge in [-0.1, -0.05) is 12.7 Å². The molecule has 70 valence electrons. The number of ether oxygens (including phenoxy) is 1. The molecule has 0 aromatic carbocycles. The average Bonchev–Trinajstić information content (AvgIpc) is 2.10. The lowest BCUT2D eigenvalue weighted by Gasteiger charge is -2.08. The van der Waals surface area contributed by atoms with Crippen molar-refractivity contribution >= 4 is 17.7 Å². The van der Waals surface area contributed by atoms with Crippen LogP contribution in [-0.2, 0) is 9.53 Å². The van der Waals surface area contributed by atoms with E-state index in [0.717, 1.165) is 5.75 Å². The molecule has 0 fully saturated rings. The van der Waals surface area contributed by atoms with E-state index in [1.165, 1.54) is 6.08 Å². The molecule has 0 amide bonds. The fourth-order valence-corrected chi connectivity index (χ4v) is 1.10. The zero-order valence-corrected chi connectivity index (χ0v) is 8.10. The van der Waals surface area contributed by atoms with E-state index in [2.05, 4.69) is 6.58 Å². The molecule has 0 radical (unpaired) electrons. The molecule has 0 saturated heterocycles. The van der Waals surface area contributed by atoms with E-state index in [4.69, 9.17) is 10.5 Å². The van der Waals surface area contributed by atoms with Gasteiger partial charge in [-0.2, -0.15) is 11.8 Å². The van der Waals surface area contributed by atoms with Gasteiger partial charge in [-0.25, -0.2) is 0 Å². The second-order valence-electron chi connectivity index (χ2n) is 2.31. The Balaban J connectivity index is 3.53. The molecule has 0 spiro atoms. The van der Waals surface area contributed by atoms with Crippen molar-refractivity contribution in [3.8, 4) is 0 Å². The molecule has 0 aliphatic heterocycles. The van der Waals surface area contributed by atoms with E-state index in [1.807, 2.05) is 6.26 Å². The number of carbonyl (C=O) groups is 1. The first-order valence-electron chi connectivity index (χ1n) is 3.74. The van der Waals surface area contributed by atoms with Crippen molar-refractivity contribution < 1.29 is 9.53 Å². The molecule has 0 saturated carbocycles. The van der Waals surface area contributed by atoms with E-state index in [0.29, 0.717) is 6.42 Å². The molecule has 0 aromatic heterocycles. The second kappa shape index (κ2) is 7.18. The van der Waals surface area contributed by atoms with Crippen LogP contribution in [0.3, 0.4) is 0 Å². The first kappa shape index (κ1) is 11.5. The molecule has 0 aliphatic carbocycles. The smallest absolute Gasteiger partial charge is 0.323 e. The monoisotopic (exact) mass is 189 g/mol. The highest BCUT2D eigenvalue weighted by molar-refractivity contribution is 7.98. The molecule has 0 bridgehead atoms. The van der Waals surface area contributed by atoms with Crippen LogP contribution in [0.4, 0.5) is 0 Å². The summed E-state index contributed by atoms with van der Waals surface area (Å²) in [5.74, 6) is 0.536. The maximum absolute atomic E-state index is 11.0. The number of rotatable bonds is 6. The van der Waals surface area contributed by atoms with Gasteiger partial charge in [0.05, 0.1) is 0 Å². The minimum atomic E-state index is -0.489. The van der Waals surface area contributed by atoms with Gasteiger partial charge in [0.25, 0.3) is 0 Å². The maximum atomic E-state index is 11.0. The van der Waals surface area contributed by atoms with Crippen LogP contribution in [0.2, 0.25) is 0 Å². The molecule has 0 aromatic rings. The van der Waals surface area contributed by atoms with Crippen LogP contribution in [0.5, 0.6) is 0 Å². The molecule has 12 heavy (non-hydrogen) atoms. The highest BCUT2D eigenvalue weighted by atomic mass is 32.2. The van der Waals surface area contributed by atoms with Gasteiger partial charge in [0.15, 0.2) is 0 Å². The Morgan fingerprint density at radius 1 is 1.83 bits per heavy atom. The third-order valence-corrected chi connectivity index (χ3v) is 1.92. The van der Waals surface area contributed by atoms with Gasteiger partial charge in [0.1, 0.15) is 12.6 Å². The van der Waals surface area contributed by atoms with E-state index < -0.39 is 6.04 Å². The summed E-state index contributed by atoms with van der Waals surface area (Å²) in [6.45, 7) is 3.67. The van der Waals surface area contributed by atoms with E-state index >= 15 is 0 Å². The molecule has 3 nitrogen and oxygen atoms in total. The zero-order valence-electron chi connectivity index (χ0n) is 7.29. The highest BCUT2D eigenvalue weighted by Crippen LogP contribution is 1.99. The predicted molar refractivity (Wildman–Crippen MR) is 52.1 cm³/mol. The maximum Gasteiger partial charge on any atom is 0.323 e. The Kier molecular flexibility index (Phi) is 6.90. The number of hydrogen-bond acceptors (Lipinski definition) is 4. The Morgan fingerprint density at radius 2 is 2.50 bits per heavy atom. The van der Waals surface area contributed by atoms with E-state index in [9.17, 15) is 4.79 Å². The summed E-state index contributed by atoms with van der Waals surface area (Å²) >= 11 is 1.66. The molecule has 2 N–H and O–H groups in total. The first-order chi connectivity index (χ1) is 5.72. The van der Waals surface area contributed by atoms with Gasteiger partial charge in [-0.05, 0) is 18.4 Å². The zero-order chi connectivity index (χ0) is 9.40. The van der Waals surface area contributed by atoms with Crippen molar-refractivity contribution in [3.63, 3.8) is 0 Å². The number of esters is 1. The van der Waals surface area contributed by atoms with Crippen LogP contribution in [0.25, 0.3) is 0 Å². The van der Waals surface area contributed by atoms with Crippen molar-refractivity contribution in [3.05, 3.63) is 12.7 Å². The average molecular weight is 189 g/mol. The number of hydrogen-bond donors (Lipinski definition) is 1. The number of carbonyl (C=O) groups excluding carboxylic acids is 1. The third-order valence-electron chi connectivity index (χ3n) is 1.28. The van der Waals surface area contributed by atoms with E-state index in [-0.39, 0.29) is 12.6 Å². The molecule has 0 rings (SSSR count). The second-order valence-corrected chi connectivity index (χ2v) is 3.29. The standard InChI is InChI=1S/C8H15NO2S/c1-3-5-11-8(10)7(9)4-6-12-2/h3,7H,1,4-6,9H2,2H3/t7-/m0/s1. The minimum Gasteiger partial charge on any atom is -0.460 e.